The van der Waals surface area contributed by atoms with Crippen LogP contribution in [0.2, 0.25) is 0 Å². The molecule has 0 aromatic carbocycles. The fourth-order valence-electron chi connectivity index (χ4n) is 1.22. The van der Waals surface area contributed by atoms with E-state index in [2.05, 4.69) is 23.3 Å². The van der Waals surface area contributed by atoms with Crippen LogP contribution < -0.4 is 5.32 Å². The van der Waals surface area contributed by atoms with Crippen molar-refractivity contribution in [2.45, 2.75) is 19.5 Å². The van der Waals surface area contributed by atoms with Gasteiger partial charge in [0.15, 0.2) is 0 Å². The van der Waals surface area contributed by atoms with E-state index in [0.29, 0.717) is 25.9 Å². The van der Waals surface area contributed by atoms with Crippen molar-refractivity contribution in [1.29, 1.82) is 0 Å². The summed E-state index contributed by atoms with van der Waals surface area (Å²) in [5, 5.41) is 3.38. The molecule has 1 unspecified atom stereocenters. The Morgan fingerprint density at radius 1 is 1.47 bits per heavy atom. The van der Waals surface area contributed by atoms with Crippen LogP contribution in [0.25, 0.3) is 0 Å². The molecule has 4 heteroatoms. The van der Waals surface area contributed by atoms with Crippen LogP contribution in [0, 0.1) is 0 Å². The molecule has 0 fully saturated rings. The zero-order chi connectivity index (χ0) is 10.9. The van der Waals surface area contributed by atoms with Crippen LogP contribution in [-0.2, 0) is 16.0 Å². The Morgan fingerprint density at radius 2 is 2.33 bits per heavy atom. The van der Waals surface area contributed by atoms with E-state index in [0.717, 1.165) is 6.54 Å². The maximum Gasteiger partial charge on any atom is 0.0701 e. The lowest BCUT2D eigenvalue weighted by molar-refractivity contribution is 0.0608. The Kier molecular flexibility index (Phi) is 6.08. The van der Waals surface area contributed by atoms with Gasteiger partial charge in [-0.3, -0.25) is 0 Å². The third-order valence-electron chi connectivity index (χ3n) is 2.12. The summed E-state index contributed by atoms with van der Waals surface area (Å²) in [4.78, 5) is 3.03. The Morgan fingerprint density at radius 3 is 3.00 bits per heavy atom. The molecule has 0 saturated heterocycles. The van der Waals surface area contributed by atoms with Crippen molar-refractivity contribution in [1.82, 2.24) is 10.3 Å². The van der Waals surface area contributed by atoms with Gasteiger partial charge in [-0.05, 0) is 18.6 Å². The Bertz CT molecular complexity index is 237. The van der Waals surface area contributed by atoms with Gasteiger partial charge in [0.25, 0.3) is 0 Å². The van der Waals surface area contributed by atoms with Gasteiger partial charge >= 0.3 is 0 Å². The predicted octanol–water partition coefficient (Wildman–Crippen LogP) is 1.16. The number of nitrogens with one attached hydrogen (secondary N) is 2. The molecule has 0 aliphatic heterocycles. The average Bonchev–Trinajstić information content (AvgIpc) is 2.74. The molecule has 1 aromatic rings. The van der Waals surface area contributed by atoms with Crippen LogP contribution in [0.15, 0.2) is 18.5 Å². The third kappa shape index (κ3) is 5.57. The quantitative estimate of drug-likeness (QED) is 0.636. The van der Waals surface area contributed by atoms with Gasteiger partial charge in [0.1, 0.15) is 0 Å². The van der Waals surface area contributed by atoms with Crippen molar-refractivity contribution in [3.05, 3.63) is 24.0 Å². The standard InChI is InChI=1S/C11H20N2O2/c1-10(9-15-6-5-14-2)13-8-11-3-4-12-7-11/h3-4,7,10,12-13H,5-6,8-9H2,1-2H3. The zero-order valence-electron chi connectivity index (χ0n) is 9.45. The molecule has 0 aliphatic rings. The maximum atomic E-state index is 5.41. The molecule has 0 radical (unpaired) electrons. The molecule has 0 amide bonds. The Labute approximate surface area is 91.0 Å². The molecule has 1 aromatic heterocycles. The highest BCUT2D eigenvalue weighted by Gasteiger charge is 2.01. The van der Waals surface area contributed by atoms with Gasteiger partial charge in [-0.25, -0.2) is 0 Å². The van der Waals surface area contributed by atoms with E-state index in [1.165, 1.54) is 5.56 Å². The van der Waals surface area contributed by atoms with E-state index < -0.39 is 0 Å². The highest BCUT2D eigenvalue weighted by atomic mass is 16.5. The normalized spacial score (nSPS) is 12.9. The number of methoxy groups -OCH3 is 1. The molecule has 15 heavy (non-hydrogen) atoms. The van der Waals surface area contributed by atoms with Gasteiger partial charge < -0.3 is 19.8 Å². The molecule has 0 aliphatic carbocycles. The lowest BCUT2D eigenvalue weighted by Gasteiger charge is -2.13. The number of rotatable bonds is 8. The summed E-state index contributed by atoms with van der Waals surface area (Å²) in [6, 6.07) is 2.42. The summed E-state index contributed by atoms with van der Waals surface area (Å²) in [6.45, 7) is 5.02. The summed E-state index contributed by atoms with van der Waals surface area (Å²) in [5.74, 6) is 0. The molecule has 86 valence electrons. The van der Waals surface area contributed by atoms with Crippen LogP contribution in [0.3, 0.4) is 0 Å². The van der Waals surface area contributed by atoms with Gasteiger partial charge in [-0.15, -0.1) is 0 Å². The second-order valence-electron chi connectivity index (χ2n) is 3.57. The zero-order valence-corrected chi connectivity index (χ0v) is 9.45. The first kappa shape index (κ1) is 12.2. The van der Waals surface area contributed by atoms with Gasteiger partial charge in [0, 0.05) is 32.1 Å². The van der Waals surface area contributed by atoms with Crippen molar-refractivity contribution in [3.8, 4) is 0 Å². The molecule has 1 heterocycles. The first-order chi connectivity index (χ1) is 7.33. The van der Waals surface area contributed by atoms with Crippen LogP contribution in [0.4, 0.5) is 0 Å². The van der Waals surface area contributed by atoms with Gasteiger partial charge in [0.2, 0.25) is 0 Å². The summed E-state index contributed by atoms with van der Waals surface area (Å²) < 4.78 is 10.3. The highest BCUT2D eigenvalue weighted by molar-refractivity contribution is 5.07. The van der Waals surface area contributed by atoms with Gasteiger partial charge in [-0.2, -0.15) is 0 Å². The number of aromatic nitrogens is 1. The van der Waals surface area contributed by atoms with Crippen molar-refractivity contribution in [3.63, 3.8) is 0 Å². The number of H-pyrrole nitrogens is 1. The average molecular weight is 212 g/mol. The molecule has 0 bridgehead atoms. The topological polar surface area (TPSA) is 46.3 Å². The van der Waals surface area contributed by atoms with Gasteiger partial charge in [0.05, 0.1) is 19.8 Å². The number of aromatic amines is 1. The second-order valence-corrected chi connectivity index (χ2v) is 3.57. The van der Waals surface area contributed by atoms with E-state index >= 15 is 0 Å². The van der Waals surface area contributed by atoms with E-state index in [4.69, 9.17) is 9.47 Å². The monoisotopic (exact) mass is 212 g/mol. The van der Waals surface area contributed by atoms with Gasteiger partial charge in [-0.1, -0.05) is 0 Å². The number of ether oxygens (including phenoxy) is 2. The lowest BCUT2D eigenvalue weighted by Crippen LogP contribution is -2.30. The first-order valence-corrected chi connectivity index (χ1v) is 5.24. The predicted molar refractivity (Wildman–Crippen MR) is 59.8 cm³/mol. The Balaban J connectivity index is 2.01. The van der Waals surface area contributed by atoms with E-state index in [9.17, 15) is 0 Å². The molecule has 1 rings (SSSR count). The summed E-state index contributed by atoms with van der Waals surface area (Å²) in [7, 11) is 1.68. The maximum absolute atomic E-state index is 5.41. The van der Waals surface area contributed by atoms with E-state index in [1.54, 1.807) is 7.11 Å². The summed E-state index contributed by atoms with van der Waals surface area (Å²) >= 11 is 0. The van der Waals surface area contributed by atoms with Crippen molar-refractivity contribution in [2.24, 2.45) is 0 Å². The molecular weight excluding hydrogens is 192 g/mol. The molecular formula is C11H20N2O2. The minimum Gasteiger partial charge on any atom is -0.382 e. The summed E-state index contributed by atoms with van der Waals surface area (Å²) in [6.07, 6.45) is 3.92. The smallest absolute Gasteiger partial charge is 0.0701 e. The van der Waals surface area contributed by atoms with Crippen LogP contribution in [0.5, 0.6) is 0 Å². The molecule has 1 atom stereocenters. The van der Waals surface area contributed by atoms with Crippen molar-refractivity contribution < 1.29 is 9.47 Å². The minimum atomic E-state index is 0.358. The SMILES string of the molecule is COCCOCC(C)NCc1cc[nH]c1. The number of hydrogen-bond donors (Lipinski definition) is 2. The second kappa shape index (κ2) is 7.45. The summed E-state index contributed by atoms with van der Waals surface area (Å²) in [5.41, 5.74) is 1.26. The first-order valence-electron chi connectivity index (χ1n) is 5.24. The highest BCUT2D eigenvalue weighted by Crippen LogP contribution is 1.96. The molecule has 4 nitrogen and oxygen atoms in total. The van der Waals surface area contributed by atoms with Crippen LogP contribution >= 0.6 is 0 Å². The molecule has 0 spiro atoms. The van der Waals surface area contributed by atoms with Crippen LogP contribution in [0.1, 0.15) is 12.5 Å². The molecule has 0 saturated carbocycles. The lowest BCUT2D eigenvalue weighted by atomic mass is 10.3. The number of hydrogen-bond acceptors (Lipinski definition) is 3. The van der Waals surface area contributed by atoms with Crippen molar-refractivity contribution in [2.75, 3.05) is 26.9 Å². The largest absolute Gasteiger partial charge is 0.382 e. The Hall–Kier alpha value is -0.840. The fourth-order valence-corrected chi connectivity index (χ4v) is 1.22. The van der Waals surface area contributed by atoms with E-state index in [-0.39, 0.29) is 0 Å². The van der Waals surface area contributed by atoms with Crippen molar-refractivity contribution >= 4 is 0 Å². The minimum absolute atomic E-state index is 0.358. The molecule has 2 N–H and O–H groups in total. The van der Waals surface area contributed by atoms with Crippen LogP contribution in [-0.4, -0.2) is 38.0 Å². The fraction of sp³-hybridized carbons (Fsp3) is 0.636. The van der Waals surface area contributed by atoms with E-state index in [1.807, 2.05) is 12.4 Å². The third-order valence-corrected chi connectivity index (χ3v) is 2.12.